The number of esters is 2. The van der Waals surface area contributed by atoms with Gasteiger partial charge < -0.3 is 18.9 Å². The molecule has 0 spiro atoms. The quantitative estimate of drug-likeness (QED) is 0.624. The molecule has 0 saturated carbocycles. The molecule has 0 radical (unpaired) electrons. The Kier molecular flexibility index (Phi) is 5.88. The van der Waals surface area contributed by atoms with Crippen LogP contribution in [0.4, 0.5) is 0 Å². The molecule has 21 heavy (non-hydrogen) atoms. The summed E-state index contributed by atoms with van der Waals surface area (Å²) >= 11 is 6.13. The Labute approximate surface area is 126 Å². The van der Waals surface area contributed by atoms with Crippen LogP contribution in [0.15, 0.2) is 6.07 Å². The van der Waals surface area contributed by atoms with Gasteiger partial charge in [0.15, 0.2) is 0 Å². The molecule has 7 heteroatoms. The maximum Gasteiger partial charge on any atom is 0.384 e. The standard InChI is InChI=1S/C14H13ClO6/c1-18-9-7-10(19-2)13(15)8(5-6-11(16)20-3)12(9)14(17)21-4/h7H,1-4H3. The maximum atomic E-state index is 11.9. The first kappa shape index (κ1) is 16.7. The first-order chi connectivity index (χ1) is 9.99. The van der Waals surface area contributed by atoms with E-state index < -0.39 is 11.9 Å². The molecule has 0 aliphatic heterocycles. The van der Waals surface area contributed by atoms with Crippen LogP contribution < -0.4 is 9.47 Å². The highest BCUT2D eigenvalue weighted by Gasteiger charge is 2.23. The van der Waals surface area contributed by atoms with E-state index >= 15 is 0 Å². The molecule has 112 valence electrons. The van der Waals surface area contributed by atoms with E-state index in [1.807, 2.05) is 0 Å². The number of carbonyl (C=O) groups is 2. The van der Waals surface area contributed by atoms with Gasteiger partial charge in [-0.05, 0) is 0 Å². The lowest BCUT2D eigenvalue weighted by Crippen LogP contribution is -2.08. The second-order valence-corrected chi connectivity index (χ2v) is 3.96. The highest BCUT2D eigenvalue weighted by Crippen LogP contribution is 2.37. The molecule has 0 aliphatic carbocycles. The predicted octanol–water partition coefficient (Wildman–Crippen LogP) is 1.67. The van der Waals surface area contributed by atoms with Crippen molar-refractivity contribution < 1.29 is 28.5 Å². The maximum absolute atomic E-state index is 11.9. The molecule has 0 unspecified atom stereocenters. The number of benzene rings is 1. The summed E-state index contributed by atoms with van der Waals surface area (Å²) in [5, 5.41) is 0.0649. The molecule has 0 atom stereocenters. The summed E-state index contributed by atoms with van der Waals surface area (Å²) in [7, 11) is 5.16. The van der Waals surface area contributed by atoms with Gasteiger partial charge in [0.1, 0.15) is 17.1 Å². The lowest BCUT2D eigenvalue weighted by molar-refractivity contribution is -0.133. The predicted molar refractivity (Wildman–Crippen MR) is 74.8 cm³/mol. The first-order valence-corrected chi connectivity index (χ1v) is 6.00. The van der Waals surface area contributed by atoms with Crippen molar-refractivity contribution in [3.63, 3.8) is 0 Å². The van der Waals surface area contributed by atoms with E-state index in [0.717, 1.165) is 0 Å². The van der Waals surface area contributed by atoms with Gasteiger partial charge >= 0.3 is 11.9 Å². The third-order valence-electron chi connectivity index (χ3n) is 2.50. The Hall–Kier alpha value is -2.39. The van der Waals surface area contributed by atoms with Gasteiger partial charge in [-0.2, -0.15) is 0 Å². The summed E-state index contributed by atoms with van der Waals surface area (Å²) in [6.07, 6.45) is 0. The molecule has 0 aliphatic rings. The molecule has 1 aromatic rings. The largest absolute Gasteiger partial charge is 0.496 e. The minimum atomic E-state index is -0.774. The van der Waals surface area contributed by atoms with Crippen LogP contribution in [0.1, 0.15) is 15.9 Å². The Balaban J connectivity index is 3.64. The van der Waals surface area contributed by atoms with E-state index in [1.54, 1.807) is 0 Å². The summed E-state index contributed by atoms with van der Waals surface area (Å²) in [4.78, 5) is 23.0. The number of hydrogen-bond acceptors (Lipinski definition) is 6. The second kappa shape index (κ2) is 7.41. The molecule has 0 saturated heterocycles. The van der Waals surface area contributed by atoms with E-state index in [9.17, 15) is 9.59 Å². The van der Waals surface area contributed by atoms with Crippen molar-refractivity contribution in [3.8, 4) is 23.3 Å². The third-order valence-corrected chi connectivity index (χ3v) is 2.87. The van der Waals surface area contributed by atoms with Gasteiger partial charge in [0, 0.05) is 12.0 Å². The van der Waals surface area contributed by atoms with Crippen molar-refractivity contribution >= 4 is 23.5 Å². The van der Waals surface area contributed by atoms with Crippen LogP contribution in [0, 0.1) is 11.8 Å². The molecule has 1 rings (SSSR count). The van der Waals surface area contributed by atoms with Gasteiger partial charge in [-0.25, -0.2) is 9.59 Å². The zero-order chi connectivity index (χ0) is 16.0. The Bertz CT molecular complexity index is 627. The first-order valence-electron chi connectivity index (χ1n) is 5.62. The van der Waals surface area contributed by atoms with E-state index in [4.69, 9.17) is 21.1 Å². The van der Waals surface area contributed by atoms with Crippen LogP contribution in [0.3, 0.4) is 0 Å². The minimum absolute atomic E-state index is 0.00204. The molecular formula is C14H13ClO6. The number of methoxy groups -OCH3 is 4. The molecule has 0 amide bonds. The molecule has 6 nitrogen and oxygen atoms in total. The van der Waals surface area contributed by atoms with Gasteiger partial charge in [0.2, 0.25) is 0 Å². The van der Waals surface area contributed by atoms with E-state index in [2.05, 4.69) is 21.3 Å². The summed E-state index contributed by atoms with van der Waals surface area (Å²) < 4.78 is 19.3. The molecule has 1 aromatic carbocycles. The number of hydrogen-bond donors (Lipinski definition) is 0. The van der Waals surface area contributed by atoms with Crippen molar-refractivity contribution in [2.75, 3.05) is 28.4 Å². The molecule has 0 N–H and O–H groups in total. The van der Waals surface area contributed by atoms with Crippen LogP contribution >= 0.6 is 11.6 Å². The molecule has 0 aromatic heterocycles. The highest BCUT2D eigenvalue weighted by molar-refractivity contribution is 6.34. The summed E-state index contributed by atoms with van der Waals surface area (Å²) in [5.41, 5.74) is 0.0623. The van der Waals surface area contributed by atoms with Crippen molar-refractivity contribution in [2.45, 2.75) is 0 Å². The zero-order valence-electron chi connectivity index (χ0n) is 11.9. The van der Waals surface area contributed by atoms with Crippen LogP contribution in [-0.4, -0.2) is 40.4 Å². The second-order valence-electron chi connectivity index (χ2n) is 3.58. The monoisotopic (exact) mass is 312 g/mol. The van der Waals surface area contributed by atoms with Crippen molar-refractivity contribution in [1.29, 1.82) is 0 Å². The Morgan fingerprint density at radius 2 is 1.67 bits per heavy atom. The third kappa shape index (κ3) is 3.58. The number of carbonyl (C=O) groups excluding carboxylic acids is 2. The van der Waals surface area contributed by atoms with Gasteiger partial charge in [-0.3, -0.25) is 0 Å². The number of halogens is 1. The fraction of sp³-hybridized carbons (Fsp3) is 0.286. The minimum Gasteiger partial charge on any atom is -0.496 e. The van der Waals surface area contributed by atoms with Crippen LogP contribution in [-0.2, 0) is 14.3 Å². The van der Waals surface area contributed by atoms with Gasteiger partial charge in [0.25, 0.3) is 0 Å². The molecule has 0 fully saturated rings. The van der Waals surface area contributed by atoms with Gasteiger partial charge in [-0.1, -0.05) is 17.5 Å². The topological polar surface area (TPSA) is 71.1 Å². The normalized spacial score (nSPS) is 9.19. The van der Waals surface area contributed by atoms with Crippen molar-refractivity contribution in [3.05, 3.63) is 22.2 Å². The highest BCUT2D eigenvalue weighted by atomic mass is 35.5. The Morgan fingerprint density at radius 1 is 1.05 bits per heavy atom. The summed E-state index contributed by atoms with van der Waals surface area (Å²) in [6, 6.07) is 1.43. The average molecular weight is 313 g/mol. The Morgan fingerprint density at radius 3 is 2.14 bits per heavy atom. The molecular weight excluding hydrogens is 300 g/mol. The van der Waals surface area contributed by atoms with Crippen molar-refractivity contribution in [1.82, 2.24) is 0 Å². The van der Waals surface area contributed by atoms with Crippen LogP contribution in [0.25, 0.3) is 0 Å². The zero-order valence-corrected chi connectivity index (χ0v) is 12.7. The molecule has 0 heterocycles. The summed E-state index contributed by atoms with van der Waals surface area (Å²) in [5.74, 6) is 3.61. The van der Waals surface area contributed by atoms with Gasteiger partial charge in [0.05, 0.1) is 39.0 Å². The number of ether oxygens (including phenoxy) is 4. The van der Waals surface area contributed by atoms with Gasteiger partial charge in [-0.15, -0.1) is 0 Å². The fourth-order valence-electron chi connectivity index (χ4n) is 1.51. The van der Waals surface area contributed by atoms with E-state index in [0.29, 0.717) is 0 Å². The van der Waals surface area contributed by atoms with E-state index in [1.165, 1.54) is 34.5 Å². The number of rotatable bonds is 3. The van der Waals surface area contributed by atoms with E-state index in [-0.39, 0.29) is 27.6 Å². The smallest absolute Gasteiger partial charge is 0.384 e. The van der Waals surface area contributed by atoms with Crippen LogP contribution in [0.2, 0.25) is 5.02 Å². The molecule has 0 bridgehead atoms. The fourth-order valence-corrected chi connectivity index (χ4v) is 1.78. The lowest BCUT2D eigenvalue weighted by Gasteiger charge is -2.13. The van der Waals surface area contributed by atoms with Crippen LogP contribution in [0.5, 0.6) is 11.5 Å². The average Bonchev–Trinajstić information content (AvgIpc) is 2.51. The van der Waals surface area contributed by atoms with Crippen molar-refractivity contribution in [2.24, 2.45) is 0 Å². The SMILES string of the molecule is COC(=O)C#Cc1c(Cl)c(OC)cc(OC)c1C(=O)OC. The summed E-state index contributed by atoms with van der Waals surface area (Å²) in [6.45, 7) is 0. The lowest BCUT2D eigenvalue weighted by atomic mass is 10.1.